The van der Waals surface area contributed by atoms with Crippen molar-refractivity contribution < 1.29 is 19.1 Å². The van der Waals surface area contributed by atoms with Gasteiger partial charge in [-0.1, -0.05) is 38.7 Å². The van der Waals surface area contributed by atoms with E-state index < -0.39 is 10.7 Å². The fraction of sp³-hybridized carbons (Fsp3) is 0.500. The molecule has 7 heteroatoms. The molecule has 2 aromatic carbocycles. The van der Waals surface area contributed by atoms with Crippen molar-refractivity contribution in [2.75, 3.05) is 11.9 Å². The quantitative estimate of drug-likeness (QED) is 0.331. The highest BCUT2D eigenvalue weighted by Crippen LogP contribution is 2.48. The monoisotopic (exact) mass is 498 g/mol. The number of anilines is 1. The molecule has 2 amide bonds. The number of thioether (sulfide) groups is 1. The van der Waals surface area contributed by atoms with Crippen LogP contribution in [0.3, 0.4) is 0 Å². The maximum absolute atomic E-state index is 13.3. The SMILES string of the molecule is CCCCCCCN(C(=O)Nc1ccc(F)cc1)C1Cc2ccc(SC3(C(=O)O)CCC3)cc2C1. The summed E-state index contributed by atoms with van der Waals surface area (Å²) in [5, 5.41) is 12.6. The van der Waals surface area contributed by atoms with Crippen LogP contribution in [0.2, 0.25) is 0 Å². The van der Waals surface area contributed by atoms with Crippen LogP contribution in [0.15, 0.2) is 47.4 Å². The summed E-state index contributed by atoms with van der Waals surface area (Å²) in [5.41, 5.74) is 3.01. The summed E-state index contributed by atoms with van der Waals surface area (Å²) in [6.07, 6.45) is 9.52. The van der Waals surface area contributed by atoms with Gasteiger partial charge in [0.05, 0.1) is 0 Å². The number of aliphatic carboxylic acids is 1. The zero-order chi connectivity index (χ0) is 24.8. The molecule has 1 saturated carbocycles. The molecule has 4 rings (SSSR count). The number of hydrogen-bond donors (Lipinski definition) is 2. The Morgan fingerprint density at radius 2 is 1.77 bits per heavy atom. The molecule has 2 aliphatic carbocycles. The van der Waals surface area contributed by atoms with Gasteiger partial charge in [0.15, 0.2) is 0 Å². The van der Waals surface area contributed by atoms with E-state index in [0.29, 0.717) is 25.1 Å². The van der Waals surface area contributed by atoms with Gasteiger partial charge in [-0.05, 0) is 86.1 Å². The number of benzene rings is 2. The second-order valence-electron chi connectivity index (χ2n) is 9.79. The molecule has 2 aliphatic rings. The Balaban J connectivity index is 1.45. The van der Waals surface area contributed by atoms with Gasteiger partial charge in [0.1, 0.15) is 10.6 Å². The predicted molar refractivity (Wildman–Crippen MR) is 139 cm³/mol. The molecule has 0 aliphatic heterocycles. The van der Waals surface area contributed by atoms with Crippen molar-refractivity contribution in [2.24, 2.45) is 0 Å². The van der Waals surface area contributed by atoms with Gasteiger partial charge in [-0.2, -0.15) is 0 Å². The number of carbonyl (C=O) groups excluding carboxylic acids is 1. The van der Waals surface area contributed by atoms with Gasteiger partial charge in [0, 0.05) is 23.2 Å². The van der Waals surface area contributed by atoms with Crippen LogP contribution in [-0.2, 0) is 17.6 Å². The molecule has 0 bridgehead atoms. The van der Waals surface area contributed by atoms with E-state index in [1.54, 1.807) is 12.1 Å². The van der Waals surface area contributed by atoms with Crippen molar-refractivity contribution in [1.29, 1.82) is 0 Å². The molecule has 0 spiro atoms. The lowest BCUT2D eigenvalue weighted by Crippen LogP contribution is -2.44. The fourth-order valence-electron chi connectivity index (χ4n) is 5.00. The smallest absolute Gasteiger partial charge is 0.322 e. The normalized spacial score (nSPS) is 17.9. The molecule has 2 N–H and O–H groups in total. The molecule has 5 nitrogen and oxygen atoms in total. The molecular formula is C28H35FN2O3S. The minimum absolute atomic E-state index is 0.0500. The number of nitrogens with zero attached hydrogens (tertiary/aromatic N) is 1. The predicted octanol–water partition coefficient (Wildman–Crippen LogP) is 6.90. The highest BCUT2D eigenvalue weighted by Gasteiger charge is 2.45. The van der Waals surface area contributed by atoms with Gasteiger partial charge < -0.3 is 15.3 Å². The van der Waals surface area contributed by atoms with Crippen LogP contribution in [0.1, 0.15) is 69.4 Å². The van der Waals surface area contributed by atoms with E-state index in [-0.39, 0.29) is 17.9 Å². The molecule has 35 heavy (non-hydrogen) atoms. The topological polar surface area (TPSA) is 69.6 Å². The maximum atomic E-state index is 13.3. The Kier molecular flexibility index (Phi) is 8.37. The molecule has 2 aromatic rings. The van der Waals surface area contributed by atoms with E-state index in [1.165, 1.54) is 54.3 Å². The van der Waals surface area contributed by atoms with Crippen LogP contribution in [0.25, 0.3) is 0 Å². The zero-order valence-electron chi connectivity index (χ0n) is 20.4. The summed E-state index contributed by atoms with van der Waals surface area (Å²) < 4.78 is 12.6. The number of carboxylic acids is 1. The number of nitrogens with one attached hydrogen (secondary N) is 1. The van der Waals surface area contributed by atoms with Crippen LogP contribution in [0.4, 0.5) is 14.9 Å². The number of unbranched alkanes of at least 4 members (excludes halogenated alkanes) is 4. The first kappa shape index (κ1) is 25.5. The summed E-state index contributed by atoms with van der Waals surface area (Å²) in [6.45, 7) is 2.87. The third kappa shape index (κ3) is 6.18. The fourth-order valence-corrected chi connectivity index (χ4v) is 6.37. The van der Waals surface area contributed by atoms with E-state index >= 15 is 0 Å². The third-order valence-corrected chi connectivity index (χ3v) is 8.72. The molecule has 0 aromatic heterocycles. The number of amides is 2. The molecular weight excluding hydrogens is 463 g/mol. The van der Waals surface area contributed by atoms with Gasteiger partial charge >= 0.3 is 12.0 Å². The number of hydrogen-bond acceptors (Lipinski definition) is 3. The van der Waals surface area contributed by atoms with Crippen LogP contribution < -0.4 is 5.32 Å². The summed E-state index contributed by atoms with van der Waals surface area (Å²) in [6, 6.07) is 12.0. The Bertz CT molecular complexity index is 1040. The van der Waals surface area contributed by atoms with E-state index in [4.69, 9.17) is 0 Å². The van der Waals surface area contributed by atoms with Crippen LogP contribution in [0.5, 0.6) is 0 Å². The van der Waals surface area contributed by atoms with Gasteiger partial charge in [-0.3, -0.25) is 4.79 Å². The number of halogens is 1. The average molecular weight is 499 g/mol. The van der Waals surface area contributed by atoms with Crippen molar-refractivity contribution in [1.82, 2.24) is 4.90 Å². The van der Waals surface area contributed by atoms with Gasteiger partial charge in [0.2, 0.25) is 0 Å². The van der Waals surface area contributed by atoms with E-state index in [1.807, 2.05) is 11.0 Å². The maximum Gasteiger partial charge on any atom is 0.322 e. The lowest BCUT2D eigenvalue weighted by Gasteiger charge is -2.36. The second kappa shape index (κ2) is 11.5. The summed E-state index contributed by atoms with van der Waals surface area (Å²) in [5.74, 6) is -1.05. The standard InChI is InChI=1S/C28H35FN2O3S/c1-2-3-4-5-6-16-31(27(34)30-23-11-9-22(29)10-12-23)24-17-20-8-13-25(19-21(20)18-24)35-28(26(32)33)14-7-15-28/h8-13,19,24H,2-7,14-18H2,1H3,(H,30,34)(H,32,33). The van der Waals surface area contributed by atoms with Crippen LogP contribution in [0, 0.1) is 5.82 Å². The molecule has 0 saturated heterocycles. The number of rotatable bonds is 11. The molecule has 0 radical (unpaired) electrons. The number of carbonyl (C=O) groups is 2. The first-order valence-corrected chi connectivity index (χ1v) is 13.6. The molecule has 1 atom stereocenters. The lowest BCUT2D eigenvalue weighted by molar-refractivity contribution is -0.142. The number of urea groups is 1. The van der Waals surface area contributed by atoms with Crippen molar-refractivity contribution in [3.8, 4) is 0 Å². The largest absolute Gasteiger partial charge is 0.480 e. The Morgan fingerprint density at radius 1 is 1.06 bits per heavy atom. The minimum Gasteiger partial charge on any atom is -0.480 e. The Morgan fingerprint density at radius 3 is 2.43 bits per heavy atom. The van der Waals surface area contributed by atoms with Crippen LogP contribution >= 0.6 is 11.8 Å². The second-order valence-corrected chi connectivity index (χ2v) is 11.2. The van der Waals surface area contributed by atoms with Crippen molar-refractivity contribution in [2.45, 2.75) is 86.8 Å². The number of fused-ring (bicyclic) bond motifs is 1. The molecule has 1 unspecified atom stereocenters. The first-order valence-electron chi connectivity index (χ1n) is 12.8. The highest BCUT2D eigenvalue weighted by molar-refractivity contribution is 8.01. The van der Waals surface area contributed by atoms with E-state index in [9.17, 15) is 19.1 Å². The third-order valence-electron chi connectivity index (χ3n) is 7.25. The highest BCUT2D eigenvalue weighted by atomic mass is 32.2. The average Bonchev–Trinajstić information content (AvgIpc) is 3.22. The Hall–Kier alpha value is -2.54. The summed E-state index contributed by atoms with van der Waals surface area (Å²) >= 11 is 1.47. The Labute approximate surface area is 211 Å². The molecule has 0 heterocycles. The summed E-state index contributed by atoms with van der Waals surface area (Å²) in [7, 11) is 0. The van der Waals surface area contributed by atoms with Crippen molar-refractivity contribution in [3.63, 3.8) is 0 Å². The lowest BCUT2D eigenvalue weighted by atomic mass is 9.84. The summed E-state index contributed by atoms with van der Waals surface area (Å²) in [4.78, 5) is 28.0. The molecule has 188 valence electrons. The first-order chi connectivity index (χ1) is 16.9. The zero-order valence-corrected chi connectivity index (χ0v) is 21.2. The number of carboxylic acid groups (broad SMARTS) is 1. The minimum atomic E-state index is -0.723. The van der Waals surface area contributed by atoms with Gasteiger partial charge in [0.25, 0.3) is 0 Å². The van der Waals surface area contributed by atoms with Gasteiger partial charge in [-0.15, -0.1) is 11.8 Å². The van der Waals surface area contributed by atoms with E-state index in [0.717, 1.165) is 37.0 Å². The van der Waals surface area contributed by atoms with E-state index in [2.05, 4.69) is 24.4 Å². The van der Waals surface area contributed by atoms with Crippen molar-refractivity contribution >= 4 is 29.4 Å². The van der Waals surface area contributed by atoms with Crippen LogP contribution in [-0.4, -0.2) is 39.3 Å². The molecule has 1 fully saturated rings. The van der Waals surface area contributed by atoms with Gasteiger partial charge in [-0.25, -0.2) is 9.18 Å². The van der Waals surface area contributed by atoms with Crippen molar-refractivity contribution in [3.05, 3.63) is 59.4 Å².